The summed E-state index contributed by atoms with van der Waals surface area (Å²) in [5, 5.41) is 13.1. The van der Waals surface area contributed by atoms with E-state index in [1.165, 1.54) is 6.07 Å². The zero-order chi connectivity index (χ0) is 15.1. The molecule has 0 aromatic heterocycles. The molecule has 3 nitrogen and oxygen atoms in total. The maximum Gasteiger partial charge on any atom is 0.387 e. The van der Waals surface area contributed by atoms with Gasteiger partial charge in [-0.25, -0.2) is 0 Å². The molecule has 0 aliphatic heterocycles. The minimum absolute atomic E-state index is 0.0464. The number of aliphatic hydroxyl groups is 1. The number of aliphatic hydroxyl groups excluding tert-OH is 1. The summed E-state index contributed by atoms with van der Waals surface area (Å²) >= 11 is 0. The van der Waals surface area contributed by atoms with Crippen molar-refractivity contribution in [1.82, 2.24) is 5.32 Å². The van der Waals surface area contributed by atoms with Gasteiger partial charge in [0.15, 0.2) is 0 Å². The number of benzene rings is 1. The molecule has 0 bridgehead atoms. The lowest BCUT2D eigenvalue weighted by Gasteiger charge is -2.21. The van der Waals surface area contributed by atoms with Crippen molar-refractivity contribution < 1.29 is 18.6 Å². The van der Waals surface area contributed by atoms with Crippen LogP contribution >= 0.6 is 0 Å². The van der Waals surface area contributed by atoms with E-state index < -0.39 is 12.7 Å². The van der Waals surface area contributed by atoms with Crippen LogP contribution in [0.5, 0.6) is 5.75 Å². The maximum absolute atomic E-state index is 12.2. The van der Waals surface area contributed by atoms with E-state index in [2.05, 4.69) is 10.1 Å². The Morgan fingerprint density at radius 2 is 2.00 bits per heavy atom. The molecule has 3 unspecified atom stereocenters. The third-order valence-electron chi connectivity index (χ3n) is 3.52. The number of hydrogen-bond donors (Lipinski definition) is 2. The summed E-state index contributed by atoms with van der Waals surface area (Å²) in [6.07, 6.45) is 0.498. The van der Waals surface area contributed by atoms with Crippen molar-refractivity contribution in [1.29, 1.82) is 0 Å². The van der Waals surface area contributed by atoms with Crippen molar-refractivity contribution in [2.45, 2.75) is 45.9 Å². The first-order valence-electron chi connectivity index (χ1n) is 6.90. The van der Waals surface area contributed by atoms with Gasteiger partial charge in [0.05, 0.1) is 6.10 Å². The first-order valence-corrected chi connectivity index (χ1v) is 6.90. The highest BCUT2D eigenvalue weighted by Crippen LogP contribution is 2.20. The minimum Gasteiger partial charge on any atom is -0.435 e. The average Bonchev–Trinajstić information content (AvgIpc) is 2.43. The summed E-state index contributed by atoms with van der Waals surface area (Å²) < 4.78 is 28.7. The van der Waals surface area contributed by atoms with Crippen molar-refractivity contribution in [3.05, 3.63) is 29.8 Å². The summed E-state index contributed by atoms with van der Waals surface area (Å²) in [5.41, 5.74) is 0.847. The second-order valence-electron chi connectivity index (χ2n) is 5.03. The van der Waals surface area contributed by atoms with Gasteiger partial charge in [0.25, 0.3) is 0 Å². The van der Waals surface area contributed by atoms with Crippen molar-refractivity contribution in [3.8, 4) is 5.75 Å². The molecule has 3 atom stereocenters. The molecule has 20 heavy (non-hydrogen) atoms. The molecular weight excluding hydrogens is 264 g/mol. The zero-order valence-corrected chi connectivity index (χ0v) is 12.1. The van der Waals surface area contributed by atoms with Gasteiger partial charge in [-0.05, 0) is 30.5 Å². The van der Waals surface area contributed by atoms with Gasteiger partial charge < -0.3 is 15.2 Å². The molecule has 2 N–H and O–H groups in total. The third kappa shape index (κ3) is 5.43. The molecule has 0 heterocycles. The van der Waals surface area contributed by atoms with Gasteiger partial charge in [0, 0.05) is 12.6 Å². The quantitative estimate of drug-likeness (QED) is 0.770. The van der Waals surface area contributed by atoms with Crippen molar-refractivity contribution in [3.63, 3.8) is 0 Å². The largest absolute Gasteiger partial charge is 0.435 e. The second kappa shape index (κ2) is 8.17. The molecule has 1 aromatic rings. The standard InChI is InChI=1S/C15H23F2NO2/c1-4-10(2)14(19)9-18-11(3)12-6-5-7-13(8-12)20-15(16)17/h5-8,10-11,14-15,18-19H,4,9H2,1-3H3. The van der Waals surface area contributed by atoms with E-state index in [0.29, 0.717) is 6.54 Å². The Kier molecular flexibility index (Phi) is 6.88. The number of rotatable bonds is 8. The fraction of sp³-hybridized carbons (Fsp3) is 0.600. The molecule has 0 spiro atoms. The average molecular weight is 287 g/mol. The predicted molar refractivity (Wildman–Crippen MR) is 75.0 cm³/mol. The molecule has 0 aliphatic rings. The summed E-state index contributed by atoms with van der Waals surface area (Å²) in [4.78, 5) is 0. The monoisotopic (exact) mass is 287 g/mol. The van der Waals surface area contributed by atoms with Crippen LogP contribution in [0.1, 0.15) is 38.8 Å². The van der Waals surface area contributed by atoms with Crippen LogP contribution in [0.25, 0.3) is 0 Å². The van der Waals surface area contributed by atoms with Crippen LogP contribution in [0.4, 0.5) is 8.78 Å². The van der Waals surface area contributed by atoms with E-state index in [4.69, 9.17) is 0 Å². The van der Waals surface area contributed by atoms with Crippen LogP contribution in [0.2, 0.25) is 0 Å². The summed E-state index contributed by atoms with van der Waals surface area (Å²) in [6.45, 7) is 3.60. The number of halogens is 2. The Morgan fingerprint density at radius 1 is 1.30 bits per heavy atom. The zero-order valence-electron chi connectivity index (χ0n) is 12.1. The van der Waals surface area contributed by atoms with E-state index in [1.807, 2.05) is 26.8 Å². The SMILES string of the molecule is CCC(C)C(O)CNC(C)c1cccc(OC(F)F)c1. The Balaban J connectivity index is 2.56. The maximum atomic E-state index is 12.2. The number of hydrogen-bond acceptors (Lipinski definition) is 3. The highest BCUT2D eigenvalue weighted by Gasteiger charge is 2.14. The van der Waals surface area contributed by atoms with E-state index >= 15 is 0 Å². The summed E-state index contributed by atoms with van der Waals surface area (Å²) in [7, 11) is 0. The predicted octanol–water partition coefficient (Wildman–Crippen LogP) is 3.35. The Bertz CT molecular complexity index is 401. The van der Waals surface area contributed by atoms with Crippen molar-refractivity contribution >= 4 is 0 Å². The molecule has 5 heteroatoms. The van der Waals surface area contributed by atoms with Gasteiger partial charge in [-0.3, -0.25) is 0 Å². The smallest absolute Gasteiger partial charge is 0.387 e. The lowest BCUT2D eigenvalue weighted by atomic mass is 10.0. The number of ether oxygens (including phenoxy) is 1. The van der Waals surface area contributed by atoms with E-state index in [-0.39, 0.29) is 17.7 Å². The second-order valence-corrected chi connectivity index (χ2v) is 5.03. The summed E-state index contributed by atoms with van der Waals surface area (Å²) in [6, 6.07) is 6.55. The fourth-order valence-electron chi connectivity index (χ4n) is 1.85. The van der Waals surface area contributed by atoms with Crippen LogP contribution in [-0.4, -0.2) is 24.4 Å². The molecule has 0 fully saturated rings. The van der Waals surface area contributed by atoms with E-state index in [0.717, 1.165) is 12.0 Å². The highest BCUT2D eigenvalue weighted by molar-refractivity contribution is 5.30. The van der Waals surface area contributed by atoms with Gasteiger partial charge in [0.2, 0.25) is 0 Å². The van der Waals surface area contributed by atoms with Crippen LogP contribution in [-0.2, 0) is 0 Å². The highest BCUT2D eigenvalue weighted by atomic mass is 19.3. The normalized spacial score (nSPS) is 15.9. The number of alkyl halides is 2. The Morgan fingerprint density at radius 3 is 2.60 bits per heavy atom. The molecule has 1 aromatic carbocycles. The van der Waals surface area contributed by atoms with Crippen LogP contribution in [0, 0.1) is 5.92 Å². The molecular formula is C15H23F2NO2. The molecule has 0 radical (unpaired) electrons. The van der Waals surface area contributed by atoms with Gasteiger partial charge in [0.1, 0.15) is 5.75 Å². The first kappa shape index (κ1) is 16.9. The van der Waals surface area contributed by atoms with Gasteiger partial charge >= 0.3 is 6.61 Å². The topological polar surface area (TPSA) is 41.5 Å². The third-order valence-corrected chi connectivity index (χ3v) is 3.52. The lowest BCUT2D eigenvalue weighted by molar-refractivity contribution is -0.0499. The Labute approximate surface area is 119 Å². The number of nitrogens with one attached hydrogen (secondary N) is 1. The Hall–Kier alpha value is -1.20. The van der Waals surface area contributed by atoms with Gasteiger partial charge in [-0.15, -0.1) is 0 Å². The lowest BCUT2D eigenvalue weighted by Crippen LogP contribution is -2.33. The van der Waals surface area contributed by atoms with Crippen LogP contribution < -0.4 is 10.1 Å². The van der Waals surface area contributed by atoms with Crippen LogP contribution in [0.3, 0.4) is 0 Å². The molecule has 1 rings (SSSR count). The van der Waals surface area contributed by atoms with E-state index in [1.54, 1.807) is 12.1 Å². The first-order chi connectivity index (χ1) is 9.43. The minimum atomic E-state index is -2.82. The molecule has 0 saturated carbocycles. The summed E-state index contributed by atoms with van der Waals surface area (Å²) in [5.74, 6) is 0.372. The van der Waals surface area contributed by atoms with Crippen molar-refractivity contribution in [2.75, 3.05) is 6.54 Å². The fourth-order valence-corrected chi connectivity index (χ4v) is 1.85. The van der Waals surface area contributed by atoms with E-state index in [9.17, 15) is 13.9 Å². The van der Waals surface area contributed by atoms with Gasteiger partial charge in [-0.2, -0.15) is 8.78 Å². The molecule has 114 valence electrons. The van der Waals surface area contributed by atoms with Gasteiger partial charge in [-0.1, -0.05) is 32.4 Å². The van der Waals surface area contributed by atoms with Crippen molar-refractivity contribution in [2.24, 2.45) is 5.92 Å². The van der Waals surface area contributed by atoms with Crippen LogP contribution in [0.15, 0.2) is 24.3 Å². The molecule has 0 saturated heterocycles. The molecule has 0 aliphatic carbocycles. The molecule has 0 amide bonds.